The van der Waals surface area contributed by atoms with Crippen molar-refractivity contribution in [1.82, 2.24) is 30.2 Å². The van der Waals surface area contributed by atoms with Gasteiger partial charge in [0.2, 0.25) is 0 Å². The Kier molecular flexibility index (Phi) is 6.95. The molecule has 16 nitrogen and oxygen atoms in total. The van der Waals surface area contributed by atoms with Crippen molar-refractivity contribution in [3.8, 4) is 0 Å². The SMILES string of the molecule is O=C1N2CC=C(c3cnoc3)C(C2)N1OC(F)(F)C(=O)OS(=O)(=O)ON1C(=O)N2CC=C(c3cnoc3)C1C2.[LiH]. The van der Waals surface area contributed by atoms with Gasteiger partial charge < -0.3 is 23.0 Å². The number of halogens is 2. The standard InChI is InChI=1S/C20H16F2N6O10S.Li.H/c21-20(22,37-27-15-7-25(18(27)30)3-1-13(15)11-5-23-34-9-11)17(29)36-39(32,33)38-28-16-8-26(19(28)31)4-2-14(16)12-6-24-35-10-12;;/h1-2,5-6,9-10,15-16H,3-4,7-8H2;;. The molecule has 4 aliphatic rings. The zero-order valence-corrected chi connectivity index (χ0v) is 20.2. The van der Waals surface area contributed by atoms with Crippen LogP contribution < -0.4 is 0 Å². The van der Waals surface area contributed by atoms with Crippen LogP contribution in [-0.4, -0.2) is 120 Å². The molecule has 20 heteroatoms. The van der Waals surface area contributed by atoms with Gasteiger partial charge in [0.05, 0.1) is 25.5 Å². The fourth-order valence-corrected chi connectivity index (χ4v) is 5.31. The number of hydroxylamine groups is 4. The van der Waals surface area contributed by atoms with Crippen molar-refractivity contribution in [1.29, 1.82) is 0 Å². The van der Waals surface area contributed by atoms with Gasteiger partial charge >= 0.3 is 53.4 Å². The van der Waals surface area contributed by atoms with E-state index in [2.05, 4.69) is 23.6 Å². The van der Waals surface area contributed by atoms with Gasteiger partial charge in [0, 0.05) is 24.2 Å². The summed E-state index contributed by atoms with van der Waals surface area (Å²) in [7, 11) is -5.57. The van der Waals surface area contributed by atoms with E-state index in [9.17, 15) is 31.6 Å². The molecule has 40 heavy (non-hydrogen) atoms. The molecule has 0 radical (unpaired) electrons. The number of fused-ring (bicyclic) bond motifs is 4. The topological polar surface area (TPSA) is 178 Å². The van der Waals surface area contributed by atoms with Gasteiger partial charge in [0.15, 0.2) is 0 Å². The molecule has 2 atom stereocenters. The van der Waals surface area contributed by atoms with E-state index < -0.39 is 46.6 Å². The fourth-order valence-electron chi connectivity index (χ4n) is 4.63. The minimum atomic E-state index is -5.57. The van der Waals surface area contributed by atoms with Crippen LogP contribution in [0.5, 0.6) is 0 Å². The zero-order chi connectivity index (χ0) is 27.5. The zero-order valence-electron chi connectivity index (χ0n) is 19.4. The number of carbonyl (C=O) groups is 3. The summed E-state index contributed by atoms with van der Waals surface area (Å²) in [4.78, 5) is 44.1. The van der Waals surface area contributed by atoms with Gasteiger partial charge in [0.1, 0.15) is 24.6 Å². The van der Waals surface area contributed by atoms with Gasteiger partial charge in [-0.15, -0.1) is 4.28 Å². The van der Waals surface area contributed by atoms with E-state index >= 15 is 0 Å². The van der Waals surface area contributed by atoms with Crippen LogP contribution in [0.3, 0.4) is 0 Å². The predicted octanol–water partition coefficient (Wildman–Crippen LogP) is -0.0353. The van der Waals surface area contributed by atoms with Gasteiger partial charge in [-0.2, -0.15) is 32.2 Å². The van der Waals surface area contributed by atoms with Gasteiger partial charge in [0.25, 0.3) is 0 Å². The minimum absolute atomic E-state index is 0. The van der Waals surface area contributed by atoms with Crippen LogP contribution in [0.15, 0.2) is 46.1 Å². The molecule has 2 unspecified atom stereocenters. The summed E-state index contributed by atoms with van der Waals surface area (Å²) in [6.45, 7) is 0.0884. The molecular formula is C20H17F2LiN6O10S. The molecule has 2 aromatic rings. The van der Waals surface area contributed by atoms with Crippen molar-refractivity contribution in [2.24, 2.45) is 0 Å². The second-order valence-corrected chi connectivity index (χ2v) is 9.80. The number of aromatic nitrogens is 2. The number of amides is 4. The molecule has 2 fully saturated rings. The molecule has 6 rings (SSSR count). The third kappa shape index (κ3) is 4.75. The van der Waals surface area contributed by atoms with Crippen molar-refractivity contribution in [3.05, 3.63) is 48.2 Å². The second-order valence-electron chi connectivity index (χ2n) is 8.67. The molecule has 0 spiro atoms. The van der Waals surface area contributed by atoms with E-state index in [-0.39, 0.29) is 50.1 Å². The predicted molar refractivity (Wildman–Crippen MR) is 123 cm³/mol. The Morgan fingerprint density at radius 2 is 1.43 bits per heavy atom. The van der Waals surface area contributed by atoms with E-state index in [4.69, 9.17) is 9.05 Å². The van der Waals surface area contributed by atoms with Crippen LogP contribution in [0, 0.1) is 0 Å². The van der Waals surface area contributed by atoms with Crippen LogP contribution in [0.1, 0.15) is 11.1 Å². The average Bonchev–Trinajstić information content (AvgIpc) is 3.69. The van der Waals surface area contributed by atoms with Crippen LogP contribution in [0.25, 0.3) is 11.1 Å². The van der Waals surface area contributed by atoms with Crippen molar-refractivity contribution in [2.45, 2.75) is 18.2 Å². The van der Waals surface area contributed by atoms with Crippen molar-refractivity contribution in [2.75, 3.05) is 26.2 Å². The van der Waals surface area contributed by atoms with Crippen molar-refractivity contribution in [3.63, 3.8) is 0 Å². The number of rotatable bonds is 8. The van der Waals surface area contributed by atoms with Gasteiger partial charge in [-0.05, 0) is 11.1 Å². The number of carbonyl (C=O) groups excluding carboxylic acids is 3. The first-order chi connectivity index (χ1) is 18.5. The Labute approximate surface area is 235 Å². The molecule has 4 bridgehead atoms. The number of alkyl halides is 2. The third-order valence-corrected chi connectivity index (χ3v) is 7.08. The molecular weight excluding hydrogens is 561 g/mol. The van der Waals surface area contributed by atoms with Crippen LogP contribution in [0.2, 0.25) is 0 Å². The first-order valence-electron chi connectivity index (χ1n) is 11.2. The number of hydrogen-bond acceptors (Lipinski definition) is 12. The summed E-state index contributed by atoms with van der Waals surface area (Å²) in [6.07, 6.45) is 3.32. The monoisotopic (exact) mass is 578 g/mol. The molecule has 6 heterocycles. The van der Waals surface area contributed by atoms with E-state index in [1.54, 1.807) is 12.2 Å². The van der Waals surface area contributed by atoms with Crippen LogP contribution in [-0.2, 0) is 28.5 Å². The summed E-state index contributed by atoms with van der Waals surface area (Å²) in [5.41, 5.74) is 1.59. The molecule has 4 amide bonds. The third-order valence-electron chi connectivity index (χ3n) is 6.38. The molecule has 0 saturated carbocycles. The average molecular weight is 578 g/mol. The maximum atomic E-state index is 14.8. The summed E-state index contributed by atoms with van der Waals surface area (Å²) in [5, 5.41) is 7.71. The Balaban J connectivity index is 0.00000323. The molecule has 0 aromatic carbocycles. The number of hydrogen-bond donors (Lipinski definition) is 0. The van der Waals surface area contributed by atoms with Crippen molar-refractivity contribution < 1.29 is 53.9 Å². The molecule has 0 aliphatic carbocycles. The van der Waals surface area contributed by atoms with Crippen LogP contribution in [0.4, 0.5) is 18.4 Å². The van der Waals surface area contributed by atoms with Gasteiger partial charge in [-0.3, -0.25) is 0 Å². The van der Waals surface area contributed by atoms with E-state index in [0.717, 1.165) is 4.90 Å². The van der Waals surface area contributed by atoms with Crippen molar-refractivity contribution >= 4 is 58.4 Å². The molecule has 208 valence electrons. The molecule has 4 aliphatic heterocycles. The summed E-state index contributed by atoms with van der Waals surface area (Å²) in [6, 6.07) is -4.00. The summed E-state index contributed by atoms with van der Waals surface area (Å²) >= 11 is 0. The fraction of sp³-hybridized carbons (Fsp3) is 0.350. The van der Waals surface area contributed by atoms with Gasteiger partial charge in [-0.25, -0.2) is 14.4 Å². The Morgan fingerprint density at radius 1 is 0.925 bits per heavy atom. The quantitative estimate of drug-likeness (QED) is 0.383. The van der Waals surface area contributed by atoms with E-state index in [0.29, 0.717) is 27.3 Å². The Hall–Kier alpha value is -3.76. The van der Waals surface area contributed by atoms with Crippen LogP contribution >= 0.6 is 0 Å². The normalized spacial score (nSPS) is 22.4. The number of urea groups is 2. The first kappa shape index (κ1) is 27.8. The Bertz CT molecular complexity index is 1500. The maximum absolute atomic E-state index is 14.8. The Morgan fingerprint density at radius 3 is 1.93 bits per heavy atom. The number of nitrogens with zero attached hydrogens (tertiary/aromatic N) is 6. The molecule has 2 aromatic heterocycles. The summed E-state index contributed by atoms with van der Waals surface area (Å²) < 4.78 is 72.4. The first-order valence-corrected chi connectivity index (χ1v) is 12.5. The summed E-state index contributed by atoms with van der Waals surface area (Å²) in [5.74, 6) is -2.70. The molecule has 0 N–H and O–H groups in total. The molecule has 2 saturated heterocycles. The van der Waals surface area contributed by atoms with Gasteiger partial charge in [-0.1, -0.05) is 22.5 Å². The van der Waals surface area contributed by atoms with E-state index in [1.807, 2.05) is 0 Å². The van der Waals surface area contributed by atoms with E-state index in [1.165, 1.54) is 29.8 Å². The second kappa shape index (κ2) is 10.0.